The molecule has 0 fully saturated rings. The molecule has 7 heteroatoms. The number of nitrogens with one attached hydrogen (secondary N) is 2. The lowest BCUT2D eigenvalue weighted by atomic mass is 10.2. The zero-order valence-corrected chi connectivity index (χ0v) is 13.8. The summed E-state index contributed by atoms with van der Waals surface area (Å²) in [4.78, 5) is 24.0. The van der Waals surface area contributed by atoms with Gasteiger partial charge in [0.1, 0.15) is 5.82 Å². The number of hydrogen-bond donors (Lipinski definition) is 2. The first-order chi connectivity index (χ1) is 11.6. The SMILES string of the molecule is CCOC(=O)Nc1cccc(C(=O)Nc2c3c(nn2C)CCC3)c1. The Hall–Kier alpha value is -2.83. The van der Waals surface area contributed by atoms with Crippen LogP contribution in [0.4, 0.5) is 16.3 Å². The number of benzene rings is 1. The van der Waals surface area contributed by atoms with Crippen molar-refractivity contribution in [2.24, 2.45) is 7.05 Å². The molecule has 0 radical (unpaired) electrons. The van der Waals surface area contributed by atoms with E-state index in [0.29, 0.717) is 11.3 Å². The third-order valence-corrected chi connectivity index (χ3v) is 3.95. The molecular formula is C17H20N4O3. The van der Waals surface area contributed by atoms with Crippen molar-refractivity contribution in [3.05, 3.63) is 41.1 Å². The molecule has 126 valence electrons. The van der Waals surface area contributed by atoms with Crippen LogP contribution in [-0.2, 0) is 24.6 Å². The summed E-state index contributed by atoms with van der Waals surface area (Å²) in [5.41, 5.74) is 3.14. The fourth-order valence-electron chi connectivity index (χ4n) is 2.88. The van der Waals surface area contributed by atoms with Crippen molar-refractivity contribution >= 4 is 23.5 Å². The van der Waals surface area contributed by atoms with Gasteiger partial charge in [-0.3, -0.25) is 14.8 Å². The van der Waals surface area contributed by atoms with E-state index in [2.05, 4.69) is 15.7 Å². The number of hydrogen-bond acceptors (Lipinski definition) is 4. The molecule has 0 atom stereocenters. The lowest BCUT2D eigenvalue weighted by molar-refractivity contribution is 0.102. The van der Waals surface area contributed by atoms with Gasteiger partial charge in [-0.05, 0) is 44.4 Å². The number of fused-ring (bicyclic) bond motifs is 1. The number of carbonyl (C=O) groups excluding carboxylic acids is 2. The maximum atomic E-state index is 12.5. The van der Waals surface area contributed by atoms with E-state index < -0.39 is 6.09 Å². The maximum Gasteiger partial charge on any atom is 0.411 e. The minimum absolute atomic E-state index is 0.236. The number of amides is 2. The summed E-state index contributed by atoms with van der Waals surface area (Å²) in [7, 11) is 1.83. The average molecular weight is 328 g/mol. The normalized spacial score (nSPS) is 12.6. The van der Waals surface area contributed by atoms with Gasteiger partial charge in [-0.1, -0.05) is 6.07 Å². The molecule has 7 nitrogen and oxygen atoms in total. The predicted molar refractivity (Wildman–Crippen MR) is 90.3 cm³/mol. The van der Waals surface area contributed by atoms with Gasteiger partial charge in [-0.25, -0.2) is 4.79 Å². The molecule has 0 saturated heterocycles. The Morgan fingerprint density at radius 1 is 1.29 bits per heavy atom. The summed E-state index contributed by atoms with van der Waals surface area (Å²) in [6.45, 7) is 2.02. The number of carbonyl (C=O) groups is 2. The van der Waals surface area contributed by atoms with Crippen molar-refractivity contribution in [2.75, 3.05) is 17.2 Å². The summed E-state index contributed by atoms with van der Waals surface area (Å²) in [5, 5.41) is 9.97. The van der Waals surface area contributed by atoms with Gasteiger partial charge in [0, 0.05) is 23.9 Å². The van der Waals surface area contributed by atoms with E-state index in [1.54, 1.807) is 35.9 Å². The van der Waals surface area contributed by atoms with Crippen LogP contribution in [0.2, 0.25) is 0 Å². The van der Waals surface area contributed by atoms with Crippen molar-refractivity contribution in [1.29, 1.82) is 0 Å². The van der Waals surface area contributed by atoms with Crippen LogP contribution in [0.25, 0.3) is 0 Å². The first kappa shape index (κ1) is 16.0. The lowest BCUT2D eigenvalue weighted by Gasteiger charge is -2.09. The molecule has 24 heavy (non-hydrogen) atoms. The highest BCUT2D eigenvalue weighted by Crippen LogP contribution is 2.28. The number of rotatable bonds is 4. The Labute approximate surface area is 140 Å². The first-order valence-electron chi connectivity index (χ1n) is 7.98. The van der Waals surface area contributed by atoms with Crippen LogP contribution >= 0.6 is 0 Å². The lowest BCUT2D eigenvalue weighted by Crippen LogP contribution is -2.17. The molecule has 0 spiro atoms. The van der Waals surface area contributed by atoms with E-state index in [1.807, 2.05) is 7.05 Å². The molecule has 1 aromatic heterocycles. The molecule has 2 N–H and O–H groups in total. The van der Waals surface area contributed by atoms with Gasteiger partial charge in [0.2, 0.25) is 0 Å². The summed E-state index contributed by atoms with van der Waals surface area (Å²) < 4.78 is 6.55. The minimum atomic E-state index is -0.542. The smallest absolute Gasteiger partial charge is 0.411 e. The van der Waals surface area contributed by atoms with Crippen molar-refractivity contribution < 1.29 is 14.3 Å². The molecular weight excluding hydrogens is 308 g/mol. The van der Waals surface area contributed by atoms with Crippen molar-refractivity contribution in [3.63, 3.8) is 0 Å². The number of nitrogens with zero attached hydrogens (tertiary/aromatic N) is 2. The largest absolute Gasteiger partial charge is 0.450 e. The third-order valence-electron chi connectivity index (χ3n) is 3.95. The van der Waals surface area contributed by atoms with Gasteiger partial charge >= 0.3 is 6.09 Å². The Kier molecular flexibility index (Phi) is 4.50. The second-order valence-corrected chi connectivity index (χ2v) is 5.63. The highest BCUT2D eigenvalue weighted by molar-refractivity contribution is 6.05. The maximum absolute atomic E-state index is 12.5. The van der Waals surface area contributed by atoms with Gasteiger partial charge in [0.15, 0.2) is 0 Å². The van der Waals surface area contributed by atoms with Crippen LogP contribution in [0.3, 0.4) is 0 Å². The van der Waals surface area contributed by atoms with Crippen molar-refractivity contribution in [2.45, 2.75) is 26.2 Å². The van der Waals surface area contributed by atoms with Gasteiger partial charge in [0.25, 0.3) is 5.91 Å². The zero-order chi connectivity index (χ0) is 17.1. The molecule has 1 aromatic carbocycles. The molecule has 2 amide bonds. The number of ether oxygens (including phenoxy) is 1. The standard InChI is InChI=1S/C17H20N4O3/c1-3-24-17(23)18-12-7-4-6-11(10-12)16(22)19-15-13-8-5-9-14(13)20-21(15)2/h4,6-7,10H,3,5,8-9H2,1-2H3,(H,18,23)(H,19,22). The van der Waals surface area contributed by atoms with Crippen LogP contribution < -0.4 is 10.6 Å². The number of aromatic nitrogens is 2. The van der Waals surface area contributed by atoms with Gasteiger partial charge < -0.3 is 10.1 Å². The van der Waals surface area contributed by atoms with Crippen LogP contribution in [0, 0.1) is 0 Å². The van der Waals surface area contributed by atoms with E-state index >= 15 is 0 Å². The topological polar surface area (TPSA) is 85.2 Å². The number of anilines is 2. The zero-order valence-electron chi connectivity index (χ0n) is 13.8. The fourth-order valence-corrected chi connectivity index (χ4v) is 2.88. The molecule has 1 aliphatic rings. The molecule has 0 aliphatic heterocycles. The van der Waals surface area contributed by atoms with Crippen molar-refractivity contribution in [3.8, 4) is 0 Å². The second-order valence-electron chi connectivity index (χ2n) is 5.63. The van der Waals surface area contributed by atoms with Crippen LogP contribution in [-0.4, -0.2) is 28.4 Å². The molecule has 1 heterocycles. The Bertz CT molecular complexity index is 782. The van der Waals surface area contributed by atoms with Crippen LogP contribution in [0.15, 0.2) is 24.3 Å². The molecule has 2 aromatic rings. The van der Waals surface area contributed by atoms with Crippen LogP contribution in [0.5, 0.6) is 0 Å². The van der Waals surface area contributed by atoms with E-state index in [4.69, 9.17) is 4.74 Å². The minimum Gasteiger partial charge on any atom is -0.450 e. The molecule has 3 rings (SSSR count). The highest BCUT2D eigenvalue weighted by Gasteiger charge is 2.22. The Balaban J connectivity index is 1.75. The van der Waals surface area contributed by atoms with Gasteiger partial charge in [-0.15, -0.1) is 0 Å². The predicted octanol–water partition coefficient (Wildman–Crippen LogP) is 2.73. The second kappa shape index (κ2) is 6.74. The summed E-state index contributed by atoms with van der Waals surface area (Å²) in [6, 6.07) is 6.73. The van der Waals surface area contributed by atoms with Crippen molar-refractivity contribution in [1.82, 2.24) is 9.78 Å². The van der Waals surface area contributed by atoms with E-state index in [1.165, 1.54) is 0 Å². The Morgan fingerprint density at radius 3 is 2.92 bits per heavy atom. The number of aryl methyl sites for hydroxylation is 2. The molecule has 1 aliphatic carbocycles. The van der Waals surface area contributed by atoms with E-state index in [0.717, 1.165) is 36.3 Å². The molecule has 0 saturated carbocycles. The third kappa shape index (κ3) is 3.24. The van der Waals surface area contributed by atoms with Gasteiger partial charge in [0.05, 0.1) is 12.3 Å². The first-order valence-corrected chi connectivity index (χ1v) is 7.98. The highest BCUT2D eigenvalue weighted by atomic mass is 16.5. The average Bonchev–Trinajstić information content (AvgIpc) is 3.10. The van der Waals surface area contributed by atoms with Gasteiger partial charge in [-0.2, -0.15) is 5.10 Å². The van der Waals surface area contributed by atoms with E-state index in [9.17, 15) is 9.59 Å². The summed E-state index contributed by atoms with van der Waals surface area (Å²) in [5.74, 6) is 0.511. The fraction of sp³-hybridized carbons (Fsp3) is 0.353. The molecule has 0 bridgehead atoms. The van der Waals surface area contributed by atoms with E-state index in [-0.39, 0.29) is 12.5 Å². The summed E-state index contributed by atoms with van der Waals surface area (Å²) in [6.07, 6.45) is 2.42. The van der Waals surface area contributed by atoms with Crippen LogP contribution in [0.1, 0.15) is 35.0 Å². The monoisotopic (exact) mass is 328 g/mol. The molecule has 0 unspecified atom stereocenters. The Morgan fingerprint density at radius 2 is 2.12 bits per heavy atom. The summed E-state index contributed by atoms with van der Waals surface area (Å²) >= 11 is 0. The quantitative estimate of drug-likeness (QED) is 0.903.